The molecule has 1 aliphatic rings. The van der Waals surface area contributed by atoms with Gasteiger partial charge in [-0.2, -0.15) is 0 Å². The number of benzene rings is 2. The second kappa shape index (κ2) is 10.1. The number of carbonyl (C=O) groups excluding carboxylic acids is 1. The number of carbonyl (C=O) groups is 1. The van der Waals surface area contributed by atoms with E-state index in [0.29, 0.717) is 31.1 Å². The number of hydrogen-bond acceptors (Lipinski definition) is 5. The van der Waals surface area contributed by atoms with Crippen molar-refractivity contribution in [3.05, 3.63) is 59.4 Å². The number of rotatable bonds is 7. The molecule has 6 nitrogen and oxygen atoms in total. The minimum atomic E-state index is -0.358. The van der Waals surface area contributed by atoms with Crippen molar-refractivity contribution in [2.45, 2.75) is 6.54 Å². The molecule has 1 aliphatic heterocycles. The standard InChI is InChI=1S/C23H27FN2O4/c1-28-19-12-17(13-20(15-19)29-2)5-7-23(27)26-10-8-25(9-11-26)16-18-4-6-22(30-3)21(24)14-18/h4-7,12-15H,8-11,16H2,1-3H3/b7-5+. The van der Waals surface area contributed by atoms with Crippen LogP contribution in [-0.2, 0) is 11.3 Å². The lowest BCUT2D eigenvalue weighted by Crippen LogP contribution is -2.47. The Kier molecular flexibility index (Phi) is 7.30. The predicted octanol–water partition coefficient (Wildman–Crippen LogP) is 3.21. The second-order valence-corrected chi connectivity index (χ2v) is 7.05. The molecule has 30 heavy (non-hydrogen) atoms. The summed E-state index contributed by atoms with van der Waals surface area (Å²) in [4.78, 5) is 16.6. The van der Waals surface area contributed by atoms with E-state index in [9.17, 15) is 9.18 Å². The van der Waals surface area contributed by atoms with E-state index in [1.807, 2.05) is 23.1 Å². The molecule has 1 amide bonds. The Morgan fingerprint density at radius 3 is 2.20 bits per heavy atom. The van der Waals surface area contributed by atoms with Crippen molar-refractivity contribution in [1.29, 1.82) is 0 Å². The Hall–Kier alpha value is -3.06. The lowest BCUT2D eigenvalue weighted by atomic mass is 10.1. The lowest BCUT2D eigenvalue weighted by molar-refractivity contribution is -0.127. The number of methoxy groups -OCH3 is 3. The Morgan fingerprint density at radius 1 is 0.967 bits per heavy atom. The van der Waals surface area contributed by atoms with Crippen LogP contribution >= 0.6 is 0 Å². The van der Waals surface area contributed by atoms with Crippen LogP contribution in [0.5, 0.6) is 17.2 Å². The van der Waals surface area contributed by atoms with E-state index < -0.39 is 0 Å². The van der Waals surface area contributed by atoms with Crippen LogP contribution in [0.3, 0.4) is 0 Å². The Balaban J connectivity index is 1.54. The van der Waals surface area contributed by atoms with Crippen LogP contribution in [0.1, 0.15) is 11.1 Å². The van der Waals surface area contributed by atoms with E-state index >= 15 is 0 Å². The highest BCUT2D eigenvalue weighted by atomic mass is 19.1. The van der Waals surface area contributed by atoms with Crippen molar-refractivity contribution in [2.24, 2.45) is 0 Å². The molecular formula is C23H27FN2O4. The van der Waals surface area contributed by atoms with Gasteiger partial charge in [0.15, 0.2) is 11.6 Å². The highest BCUT2D eigenvalue weighted by molar-refractivity contribution is 5.92. The van der Waals surface area contributed by atoms with E-state index in [1.54, 1.807) is 38.5 Å². The van der Waals surface area contributed by atoms with E-state index in [-0.39, 0.29) is 17.5 Å². The summed E-state index contributed by atoms with van der Waals surface area (Å²) >= 11 is 0. The molecule has 0 unspecified atom stereocenters. The number of halogens is 1. The van der Waals surface area contributed by atoms with Crippen LogP contribution in [0.4, 0.5) is 4.39 Å². The summed E-state index contributed by atoms with van der Waals surface area (Å²) in [5.41, 5.74) is 1.72. The van der Waals surface area contributed by atoms with Gasteiger partial charge in [-0.05, 0) is 41.5 Å². The maximum absolute atomic E-state index is 13.9. The minimum absolute atomic E-state index is 0.0353. The van der Waals surface area contributed by atoms with Crippen LogP contribution in [0.25, 0.3) is 6.08 Å². The average molecular weight is 414 g/mol. The molecule has 0 atom stereocenters. The second-order valence-electron chi connectivity index (χ2n) is 7.05. The fourth-order valence-corrected chi connectivity index (χ4v) is 3.39. The van der Waals surface area contributed by atoms with Crippen LogP contribution in [-0.4, -0.2) is 63.2 Å². The molecule has 0 spiro atoms. The number of piperazine rings is 1. The normalized spacial score (nSPS) is 14.7. The third kappa shape index (κ3) is 5.51. The molecule has 2 aromatic carbocycles. The molecule has 160 valence electrons. The Morgan fingerprint density at radius 2 is 1.63 bits per heavy atom. The summed E-state index contributed by atoms with van der Waals surface area (Å²) < 4.78 is 29.3. The highest BCUT2D eigenvalue weighted by Crippen LogP contribution is 2.23. The van der Waals surface area contributed by atoms with Gasteiger partial charge >= 0.3 is 0 Å². The van der Waals surface area contributed by atoms with Gasteiger partial charge in [-0.15, -0.1) is 0 Å². The summed E-state index contributed by atoms with van der Waals surface area (Å²) in [6.07, 6.45) is 3.34. The first kappa shape index (κ1) is 21.6. The van der Waals surface area contributed by atoms with Crippen molar-refractivity contribution in [2.75, 3.05) is 47.5 Å². The van der Waals surface area contributed by atoms with Crippen molar-refractivity contribution < 1.29 is 23.4 Å². The van der Waals surface area contributed by atoms with Gasteiger partial charge in [0.05, 0.1) is 21.3 Å². The molecule has 0 bridgehead atoms. The Labute approximate surface area is 176 Å². The van der Waals surface area contributed by atoms with Gasteiger partial charge in [0, 0.05) is 44.9 Å². The molecule has 3 rings (SSSR count). The first-order chi connectivity index (χ1) is 14.5. The lowest BCUT2D eigenvalue weighted by Gasteiger charge is -2.34. The third-order valence-corrected chi connectivity index (χ3v) is 5.10. The molecule has 0 radical (unpaired) electrons. The minimum Gasteiger partial charge on any atom is -0.497 e. The van der Waals surface area contributed by atoms with E-state index in [0.717, 1.165) is 24.2 Å². The Bertz CT molecular complexity index is 886. The fourth-order valence-electron chi connectivity index (χ4n) is 3.39. The summed E-state index contributed by atoms with van der Waals surface area (Å²) in [7, 11) is 4.63. The van der Waals surface area contributed by atoms with Crippen molar-refractivity contribution >= 4 is 12.0 Å². The van der Waals surface area contributed by atoms with Gasteiger partial charge in [-0.3, -0.25) is 9.69 Å². The summed E-state index contributed by atoms with van der Waals surface area (Å²) in [5.74, 6) is 1.19. The van der Waals surface area contributed by atoms with Gasteiger partial charge in [-0.25, -0.2) is 4.39 Å². The molecule has 2 aromatic rings. The zero-order valence-corrected chi connectivity index (χ0v) is 17.6. The van der Waals surface area contributed by atoms with E-state index in [1.165, 1.54) is 13.2 Å². The van der Waals surface area contributed by atoms with Crippen LogP contribution in [0, 0.1) is 5.82 Å². The van der Waals surface area contributed by atoms with Crippen LogP contribution in [0.2, 0.25) is 0 Å². The van der Waals surface area contributed by atoms with Crippen LogP contribution < -0.4 is 14.2 Å². The van der Waals surface area contributed by atoms with Gasteiger partial charge in [0.1, 0.15) is 11.5 Å². The molecule has 0 aromatic heterocycles. The number of amides is 1. The smallest absolute Gasteiger partial charge is 0.246 e. The number of ether oxygens (including phenoxy) is 3. The van der Waals surface area contributed by atoms with Crippen LogP contribution in [0.15, 0.2) is 42.5 Å². The first-order valence-electron chi connectivity index (χ1n) is 9.77. The third-order valence-electron chi connectivity index (χ3n) is 5.10. The highest BCUT2D eigenvalue weighted by Gasteiger charge is 2.20. The van der Waals surface area contributed by atoms with E-state index in [4.69, 9.17) is 14.2 Å². The predicted molar refractivity (Wildman–Crippen MR) is 113 cm³/mol. The fraction of sp³-hybridized carbons (Fsp3) is 0.348. The maximum atomic E-state index is 13.9. The molecule has 1 fully saturated rings. The zero-order chi connectivity index (χ0) is 21.5. The molecule has 0 aliphatic carbocycles. The summed E-state index contributed by atoms with van der Waals surface area (Å²) in [6, 6.07) is 10.5. The van der Waals surface area contributed by atoms with Crippen molar-refractivity contribution in [3.8, 4) is 17.2 Å². The molecule has 0 saturated carbocycles. The largest absolute Gasteiger partial charge is 0.497 e. The van der Waals surface area contributed by atoms with Crippen molar-refractivity contribution in [1.82, 2.24) is 9.80 Å². The zero-order valence-electron chi connectivity index (χ0n) is 17.6. The number of hydrogen-bond donors (Lipinski definition) is 0. The molecule has 7 heteroatoms. The molecule has 1 saturated heterocycles. The number of nitrogens with zero attached hydrogens (tertiary/aromatic N) is 2. The molecular weight excluding hydrogens is 387 g/mol. The average Bonchev–Trinajstić information content (AvgIpc) is 2.77. The SMILES string of the molecule is COc1cc(/C=C/C(=O)N2CCN(Cc3ccc(OC)c(F)c3)CC2)cc(OC)c1. The first-order valence-corrected chi connectivity index (χ1v) is 9.77. The monoisotopic (exact) mass is 414 g/mol. The summed E-state index contributed by atoms with van der Waals surface area (Å²) in [5, 5.41) is 0. The van der Waals surface area contributed by atoms with Crippen molar-refractivity contribution in [3.63, 3.8) is 0 Å². The maximum Gasteiger partial charge on any atom is 0.246 e. The topological polar surface area (TPSA) is 51.2 Å². The van der Waals surface area contributed by atoms with Gasteiger partial charge < -0.3 is 19.1 Å². The molecule has 0 N–H and O–H groups in total. The van der Waals surface area contributed by atoms with E-state index in [2.05, 4.69) is 4.90 Å². The van der Waals surface area contributed by atoms with Gasteiger partial charge in [0.25, 0.3) is 0 Å². The molecule has 1 heterocycles. The van der Waals surface area contributed by atoms with Gasteiger partial charge in [0.2, 0.25) is 5.91 Å². The summed E-state index contributed by atoms with van der Waals surface area (Å²) in [6.45, 7) is 3.37. The van der Waals surface area contributed by atoms with Gasteiger partial charge in [-0.1, -0.05) is 6.07 Å². The quantitative estimate of drug-likeness (QED) is 0.652.